The molecule has 0 saturated carbocycles. The van der Waals surface area contributed by atoms with Gasteiger partial charge in [0.1, 0.15) is 0 Å². The molecule has 0 heterocycles. The Kier molecular flexibility index (Phi) is 2.51. The molecule has 0 amide bonds. The Labute approximate surface area is 129 Å². The zero-order valence-corrected chi connectivity index (χ0v) is 12.7. The fraction of sp³-hybridized carbons (Fsp3) is 0.238. The maximum Gasteiger partial charge on any atom is 0.0829 e. The summed E-state index contributed by atoms with van der Waals surface area (Å²) in [7, 11) is 1.84. The summed E-state index contributed by atoms with van der Waals surface area (Å²) >= 11 is 0. The first-order valence-corrected chi connectivity index (χ1v) is 8.09. The highest BCUT2D eigenvalue weighted by atomic mass is 16.5. The second-order valence-electron chi connectivity index (χ2n) is 6.42. The van der Waals surface area contributed by atoms with Crippen molar-refractivity contribution in [2.75, 3.05) is 7.11 Å². The zero-order valence-electron chi connectivity index (χ0n) is 12.7. The van der Waals surface area contributed by atoms with Crippen LogP contribution in [-0.4, -0.2) is 7.11 Å². The first-order chi connectivity index (χ1) is 10.9. The topological polar surface area (TPSA) is 9.23 Å². The van der Waals surface area contributed by atoms with Gasteiger partial charge in [0, 0.05) is 7.11 Å². The first-order valence-electron chi connectivity index (χ1n) is 8.09. The van der Waals surface area contributed by atoms with Gasteiger partial charge >= 0.3 is 0 Å². The van der Waals surface area contributed by atoms with Gasteiger partial charge in [-0.3, -0.25) is 0 Å². The lowest BCUT2D eigenvalue weighted by Gasteiger charge is -2.27. The molecule has 4 aromatic rings. The Morgan fingerprint density at radius 1 is 0.909 bits per heavy atom. The number of rotatable bonds is 1. The van der Waals surface area contributed by atoms with Crippen molar-refractivity contribution in [3.8, 4) is 0 Å². The Morgan fingerprint density at radius 2 is 1.68 bits per heavy atom. The minimum absolute atomic E-state index is 0.244. The van der Waals surface area contributed by atoms with Crippen LogP contribution in [0.15, 0.2) is 48.5 Å². The van der Waals surface area contributed by atoms with Crippen LogP contribution in [0.2, 0.25) is 0 Å². The average molecular weight is 286 g/mol. The number of ether oxygens (including phenoxy) is 1. The molecule has 5 rings (SSSR count). The van der Waals surface area contributed by atoms with Crippen molar-refractivity contribution in [1.82, 2.24) is 0 Å². The molecule has 0 saturated heterocycles. The van der Waals surface area contributed by atoms with Crippen LogP contribution in [-0.2, 0) is 11.2 Å². The van der Waals surface area contributed by atoms with E-state index in [0.29, 0.717) is 0 Å². The Hall–Kier alpha value is -2.12. The molecule has 1 atom stereocenters. The third-order valence-corrected chi connectivity index (χ3v) is 5.29. The highest BCUT2D eigenvalue weighted by molar-refractivity contribution is 6.23. The lowest BCUT2D eigenvalue weighted by molar-refractivity contribution is 0.0894. The molecule has 0 bridgehead atoms. The quantitative estimate of drug-likeness (QED) is 0.413. The van der Waals surface area contributed by atoms with Crippen molar-refractivity contribution < 1.29 is 4.74 Å². The summed E-state index contributed by atoms with van der Waals surface area (Å²) in [5.74, 6) is 0. The van der Waals surface area contributed by atoms with Gasteiger partial charge in [-0.25, -0.2) is 0 Å². The van der Waals surface area contributed by atoms with Gasteiger partial charge in [0.2, 0.25) is 0 Å². The Bertz CT molecular complexity index is 983. The minimum atomic E-state index is 0.244. The lowest BCUT2D eigenvalue weighted by atomic mass is 9.82. The van der Waals surface area contributed by atoms with E-state index in [0.717, 1.165) is 6.42 Å². The Morgan fingerprint density at radius 3 is 2.50 bits per heavy atom. The summed E-state index contributed by atoms with van der Waals surface area (Å²) < 4.78 is 5.81. The van der Waals surface area contributed by atoms with E-state index in [2.05, 4.69) is 48.5 Å². The van der Waals surface area contributed by atoms with Crippen molar-refractivity contribution in [3.63, 3.8) is 0 Å². The van der Waals surface area contributed by atoms with Crippen LogP contribution in [0.1, 0.15) is 30.1 Å². The zero-order chi connectivity index (χ0) is 14.7. The summed E-state index contributed by atoms with van der Waals surface area (Å²) in [5, 5.41) is 8.25. The molecule has 0 aliphatic heterocycles. The van der Waals surface area contributed by atoms with Gasteiger partial charge in [-0.05, 0) is 62.7 Å². The minimum Gasteiger partial charge on any atom is -0.377 e. The lowest BCUT2D eigenvalue weighted by Crippen LogP contribution is -2.12. The van der Waals surface area contributed by atoms with Gasteiger partial charge < -0.3 is 4.74 Å². The SMILES string of the molecule is COC1CCCc2cc3ccc4cccc5ccc(c21)c3c45. The van der Waals surface area contributed by atoms with Crippen LogP contribution >= 0.6 is 0 Å². The van der Waals surface area contributed by atoms with Gasteiger partial charge in [-0.15, -0.1) is 0 Å². The van der Waals surface area contributed by atoms with E-state index in [4.69, 9.17) is 4.74 Å². The van der Waals surface area contributed by atoms with E-state index in [1.165, 1.54) is 56.3 Å². The summed E-state index contributed by atoms with van der Waals surface area (Å²) in [4.78, 5) is 0. The molecule has 1 heteroatoms. The van der Waals surface area contributed by atoms with Crippen molar-refractivity contribution in [2.45, 2.75) is 25.4 Å². The van der Waals surface area contributed by atoms with Gasteiger partial charge in [0.05, 0.1) is 6.10 Å². The molecule has 0 radical (unpaired) electrons. The summed E-state index contributed by atoms with van der Waals surface area (Å²) in [6.07, 6.45) is 3.77. The van der Waals surface area contributed by atoms with Crippen LogP contribution < -0.4 is 0 Å². The molecule has 1 nitrogen and oxygen atoms in total. The second kappa shape index (κ2) is 4.44. The number of fused-ring (bicyclic) bond motifs is 2. The largest absolute Gasteiger partial charge is 0.377 e. The number of hydrogen-bond donors (Lipinski definition) is 0. The second-order valence-corrected chi connectivity index (χ2v) is 6.42. The van der Waals surface area contributed by atoms with Gasteiger partial charge in [0.25, 0.3) is 0 Å². The summed E-state index contributed by atoms with van der Waals surface area (Å²) in [6.45, 7) is 0. The van der Waals surface area contributed by atoms with Crippen molar-refractivity contribution in [3.05, 3.63) is 59.7 Å². The summed E-state index contributed by atoms with van der Waals surface area (Å²) in [5.41, 5.74) is 2.91. The molecular formula is C21H18O. The smallest absolute Gasteiger partial charge is 0.0829 e. The predicted octanol–water partition coefficient (Wildman–Crippen LogP) is 5.61. The normalized spacial score (nSPS) is 18.3. The monoisotopic (exact) mass is 286 g/mol. The predicted molar refractivity (Wildman–Crippen MR) is 92.8 cm³/mol. The molecule has 0 aromatic heterocycles. The highest BCUT2D eigenvalue weighted by Gasteiger charge is 2.24. The molecule has 108 valence electrons. The number of benzene rings is 4. The van der Waals surface area contributed by atoms with Crippen molar-refractivity contribution >= 4 is 32.3 Å². The summed E-state index contributed by atoms with van der Waals surface area (Å²) in [6, 6.07) is 18.1. The molecule has 1 unspecified atom stereocenters. The van der Waals surface area contributed by atoms with Crippen LogP contribution in [0, 0.1) is 0 Å². The fourth-order valence-electron chi connectivity index (χ4n) is 4.34. The van der Waals surface area contributed by atoms with E-state index in [-0.39, 0.29) is 6.10 Å². The number of aryl methyl sites for hydroxylation is 1. The van der Waals surface area contributed by atoms with E-state index >= 15 is 0 Å². The van der Waals surface area contributed by atoms with E-state index < -0.39 is 0 Å². The maximum atomic E-state index is 5.81. The van der Waals surface area contributed by atoms with Crippen LogP contribution in [0.5, 0.6) is 0 Å². The standard InChI is InChI=1S/C21H18O/c1-22-18-7-3-6-15-12-16-9-8-13-4-2-5-14-10-11-17(20(15)18)21(16)19(13)14/h2,4-5,8-12,18H,3,6-7H2,1H3. The van der Waals surface area contributed by atoms with Crippen LogP contribution in [0.25, 0.3) is 32.3 Å². The van der Waals surface area contributed by atoms with E-state index in [9.17, 15) is 0 Å². The highest BCUT2D eigenvalue weighted by Crippen LogP contribution is 2.43. The van der Waals surface area contributed by atoms with Crippen LogP contribution in [0.3, 0.4) is 0 Å². The third kappa shape index (κ3) is 1.52. The molecule has 0 fully saturated rings. The van der Waals surface area contributed by atoms with Gasteiger partial charge in [-0.2, -0.15) is 0 Å². The molecule has 1 aliphatic carbocycles. The molecule has 0 spiro atoms. The van der Waals surface area contributed by atoms with Crippen molar-refractivity contribution in [1.29, 1.82) is 0 Å². The van der Waals surface area contributed by atoms with Crippen LogP contribution in [0.4, 0.5) is 0 Å². The maximum absolute atomic E-state index is 5.81. The molecule has 4 aromatic carbocycles. The molecular weight excluding hydrogens is 268 g/mol. The van der Waals surface area contributed by atoms with Gasteiger partial charge in [-0.1, -0.05) is 48.5 Å². The van der Waals surface area contributed by atoms with Gasteiger partial charge in [0.15, 0.2) is 0 Å². The number of methoxy groups -OCH3 is 1. The first kappa shape index (κ1) is 12.4. The number of hydrogen-bond acceptors (Lipinski definition) is 1. The fourth-order valence-corrected chi connectivity index (χ4v) is 4.34. The Balaban J connectivity index is 2.03. The molecule has 1 aliphatic rings. The third-order valence-electron chi connectivity index (χ3n) is 5.29. The van der Waals surface area contributed by atoms with E-state index in [1.54, 1.807) is 0 Å². The average Bonchev–Trinajstić information content (AvgIpc) is 2.58. The molecule has 0 N–H and O–H groups in total. The van der Waals surface area contributed by atoms with Crippen molar-refractivity contribution in [2.24, 2.45) is 0 Å². The molecule has 22 heavy (non-hydrogen) atoms. The van der Waals surface area contributed by atoms with E-state index in [1.807, 2.05) is 7.11 Å².